The summed E-state index contributed by atoms with van der Waals surface area (Å²) in [6, 6.07) is 8.24. The predicted octanol–water partition coefficient (Wildman–Crippen LogP) is 1.99. The van der Waals surface area contributed by atoms with E-state index in [1.807, 2.05) is 0 Å². The molecule has 0 aliphatic heterocycles. The van der Waals surface area contributed by atoms with Gasteiger partial charge in [-0.15, -0.1) is 0 Å². The molecular formula is C6H12N4O2. The first-order valence-corrected chi connectivity index (χ1v) is 2.72. The number of hydrogen-bond donors (Lipinski definition) is 3. The Morgan fingerprint density at radius 2 is 1.67 bits per heavy atom. The van der Waals surface area contributed by atoms with Crippen molar-refractivity contribution in [2.24, 2.45) is 5.28 Å². The van der Waals surface area contributed by atoms with Gasteiger partial charge in [0.05, 0.1) is 0 Å². The zero-order valence-corrected chi connectivity index (χ0v) is 6.55. The lowest BCUT2D eigenvalue weighted by molar-refractivity contribution is -0.473. The lowest BCUT2D eigenvalue weighted by Gasteiger charge is -1.93. The fraction of sp³-hybridized carbons (Fsp3) is 0. The Labute approximate surface area is 69.9 Å². The van der Waals surface area contributed by atoms with Crippen LogP contribution in [0.4, 0.5) is 5.69 Å². The molecule has 6 nitrogen and oxygen atoms in total. The van der Waals surface area contributed by atoms with Crippen LogP contribution in [0.5, 0.6) is 0 Å². The van der Waals surface area contributed by atoms with Gasteiger partial charge in [0, 0.05) is 12.1 Å². The Hall–Kier alpha value is -1.66. The molecule has 0 bridgehead atoms. The molecule has 0 unspecified atom stereocenters. The van der Waals surface area contributed by atoms with Crippen molar-refractivity contribution in [1.82, 2.24) is 12.3 Å². The van der Waals surface area contributed by atoms with E-state index in [4.69, 9.17) is 5.21 Å². The summed E-state index contributed by atoms with van der Waals surface area (Å²) in [6.45, 7) is 0. The van der Waals surface area contributed by atoms with Crippen LogP contribution in [0.1, 0.15) is 0 Å². The SMILES string of the molecule is N.N.[O-][N+](=NO)c1ccccc1. The fourth-order valence-corrected chi connectivity index (χ4v) is 0.607. The van der Waals surface area contributed by atoms with Gasteiger partial charge in [-0.05, 0) is 4.86 Å². The van der Waals surface area contributed by atoms with E-state index in [0.717, 1.165) is 0 Å². The van der Waals surface area contributed by atoms with Gasteiger partial charge >= 0.3 is 0 Å². The van der Waals surface area contributed by atoms with Crippen molar-refractivity contribution in [2.75, 3.05) is 0 Å². The molecule has 0 aliphatic rings. The third kappa shape index (κ3) is 2.95. The van der Waals surface area contributed by atoms with Crippen LogP contribution in [0.3, 0.4) is 0 Å². The van der Waals surface area contributed by atoms with E-state index in [-0.39, 0.29) is 17.2 Å². The third-order valence-electron chi connectivity index (χ3n) is 1.06. The minimum absolute atomic E-state index is 0. The summed E-state index contributed by atoms with van der Waals surface area (Å²) in [5.41, 5.74) is 0.310. The van der Waals surface area contributed by atoms with Gasteiger partial charge in [-0.1, -0.05) is 18.2 Å². The largest absolute Gasteiger partial charge is 0.592 e. The normalized spacial score (nSPS) is 9.50. The molecule has 68 valence electrons. The van der Waals surface area contributed by atoms with Gasteiger partial charge < -0.3 is 22.7 Å². The molecule has 0 aromatic heterocycles. The Morgan fingerprint density at radius 3 is 2.08 bits per heavy atom. The van der Waals surface area contributed by atoms with E-state index in [2.05, 4.69) is 5.28 Å². The fourth-order valence-electron chi connectivity index (χ4n) is 0.607. The number of benzene rings is 1. The van der Waals surface area contributed by atoms with Crippen LogP contribution in [-0.2, 0) is 0 Å². The Bertz CT molecular complexity index is 237. The predicted molar refractivity (Wildman–Crippen MR) is 44.0 cm³/mol. The second-order valence-corrected chi connectivity index (χ2v) is 1.70. The zero-order chi connectivity index (χ0) is 7.40. The highest BCUT2D eigenvalue weighted by atomic mass is 16.6. The Kier molecular flexibility index (Phi) is 6.57. The zero-order valence-electron chi connectivity index (χ0n) is 6.55. The number of rotatable bonds is 1. The lowest BCUT2D eigenvalue weighted by Crippen LogP contribution is -1.88. The summed E-state index contributed by atoms with van der Waals surface area (Å²) in [6.07, 6.45) is 0. The van der Waals surface area contributed by atoms with E-state index in [0.29, 0.717) is 5.69 Å². The molecule has 0 aliphatic carbocycles. The smallest absolute Gasteiger partial charge is 0.248 e. The minimum Gasteiger partial charge on any atom is -0.592 e. The van der Waals surface area contributed by atoms with E-state index in [1.165, 1.54) is 0 Å². The summed E-state index contributed by atoms with van der Waals surface area (Å²) in [5.74, 6) is 0. The maximum absolute atomic E-state index is 10.5. The van der Waals surface area contributed by atoms with Gasteiger partial charge in [0.2, 0.25) is 11.0 Å². The average molecular weight is 172 g/mol. The van der Waals surface area contributed by atoms with Gasteiger partial charge in [0.1, 0.15) is 0 Å². The van der Waals surface area contributed by atoms with Crippen LogP contribution >= 0.6 is 0 Å². The maximum atomic E-state index is 10.5. The van der Waals surface area contributed by atoms with Crippen LogP contribution in [0.15, 0.2) is 35.6 Å². The molecule has 0 saturated heterocycles. The van der Waals surface area contributed by atoms with E-state index >= 15 is 0 Å². The summed E-state index contributed by atoms with van der Waals surface area (Å²) < 4.78 is 0. The second kappa shape index (κ2) is 6.08. The van der Waals surface area contributed by atoms with Gasteiger partial charge in [-0.2, -0.15) is 0 Å². The third-order valence-corrected chi connectivity index (χ3v) is 1.06. The number of nitrogens with zero attached hydrogens (tertiary/aromatic N) is 2. The van der Waals surface area contributed by atoms with E-state index in [9.17, 15) is 5.21 Å². The molecule has 0 heterocycles. The van der Waals surface area contributed by atoms with Crippen molar-refractivity contribution in [3.8, 4) is 0 Å². The lowest BCUT2D eigenvalue weighted by atomic mass is 10.3. The van der Waals surface area contributed by atoms with E-state index < -0.39 is 0 Å². The highest BCUT2D eigenvalue weighted by Gasteiger charge is 1.98. The highest BCUT2D eigenvalue weighted by Crippen LogP contribution is 2.08. The number of para-hydroxylation sites is 1. The Balaban J connectivity index is 0. The van der Waals surface area contributed by atoms with Crippen LogP contribution in [0, 0.1) is 5.21 Å². The van der Waals surface area contributed by atoms with Crippen molar-refractivity contribution in [3.05, 3.63) is 35.5 Å². The van der Waals surface area contributed by atoms with Crippen molar-refractivity contribution >= 4 is 5.69 Å². The van der Waals surface area contributed by atoms with Crippen molar-refractivity contribution < 1.29 is 10.1 Å². The summed E-state index contributed by atoms with van der Waals surface area (Å²) in [7, 11) is 0. The first-order chi connectivity index (χ1) is 4.84. The molecule has 7 N–H and O–H groups in total. The topological polar surface area (TPSA) is 129 Å². The van der Waals surface area contributed by atoms with Crippen LogP contribution < -0.4 is 12.3 Å². The summed E-state index contributed by atoms with van der Waals surface area (Å²) in [5, 5.41) is 21.0. The summed E-state index contributed by atoms with van der Waals surface area (Å²) >= 11 is 0. The molecule has 0 atom stereocenters. The molecule has 0 saturated carbocycles. The summed E-state index contributed by atoms with van der Waals surface area (Å²) in [4.78, 5) is 0.139. The highest BCUT2D eigenvalue weighted by molar-refractivity contribution is 5.27. The molecule has 1 aromatic carbocycles. The van der Waals surface area contributed by atoms with Crippen molar-refractivity contribution in [3.63, 3.8) is 0 Å². The molecule has 6 heteroatoms. The first-order valence-electron chi connectivity index (χ1n) is 2.72. The first kappa shape index (κ1) is 13.0. The van der Waals surface area contributed by atoms with E-state index in [1.54, 1.807) is 30.3 Å². The second-order valence-electron chi connectivity index (χ2n) is 1.70. The molecule has 0 radical (unpaired) electrons. The Morgan fingerprint density at radius 1 is 1.17 bits per heavy atom. The minimum atomic E-state index is 0. The number of hydrogen-bond acceptors (Lipinski definition) is 4. The standard InChI is InChI=1S/C6H6N2O2.2H3N/c9-7-8(10)6-4-2-1-3-5-6;;/h1-5,9H;2*1H3. The molecule has 0 fully saturated rings. The molecule has 0 amide bonds. The van der Waals surface area contributed by atoms with Crippen LogP contribution in [0.2, 0.25) is 0 Å². The van der Waals surface area contributed by atoms with Gasteiger partial charge in [-0.3, -0.25) is 0 Å². The van der Waals surface area contributed by atoms with Gasteiger partial charge in [0.15, 0.2) is 0 Å². The molecule has 1 aromatic rings. The van der Waals surface area contributed by atoms with Crippen LogP contribution in [0.25, 0.3) is 0 Å². The monoisotopic (exact) mass is 172 g/mol. The van der Waals surface area contributed by atoms with Gasteiger partial charge in [0.25, 0.3) is 0 Å². The maximum Gasteiger partial charge on any atom is 0.248 e. The van der Waals surface area contributed by atoms with Crippen molar-refractivity contribution in [2.45, 2.75) is 0 Å². The van der Waals surface area contributed by atoms with Crippen LogP contribution in [-0.4, -0.2) is 10.1 Å². The molecule has 12 heavy (non-hydrogen) atoms. The van der Waals surface area contributed by atoms with Gasteiger partial charge in [-0.25, -0.2) is 0 Å². The quantitative estimate of drug-likeness (QED) is 0.339. The average Bonchev–Trinajstić information content (AvgIpc) is 2.05. The van der Waals surface area contributed by atoms with Crippen molar-refractivity contribution in [1.29, 1.82) is 0 Å². The molecular weight excluding hydrogens is 160 g/mol. The molecule has 1 rings (SSSR count). The molecule has 0 spiro atoms.